The summed E-state index contributed by atoms with van der Waals surface area (Å²) in [5, 5.41) is 9.01. The van der Waals surface area contributed by atoms with Gasteiger partial charge in [0.15, 0.2) is 0 Å². The average molecular weight is 194 g/mol. The number of hydrogen-bond donors (Lipinski definition) is 1. The minimum absolute atomic E-state index is 0.0959. The topological polar surface area (TPSA) is 20.2 Å². The molecule has 1 unspecified atom stereocenters. The van der Waals surface area contributed by atoms with Crippen LogP contribution in [0.25, 0.3) is 0 Å². The van der Waals surface area contributed by atoms with Gasteiger partial charge in [-0.3, -0.25) is 0 Å². The normalized spacial score (nSPS) is 18.2. The Balaban J connectivity index is 2.30. The molecule has 0 bridgehead atoms. The minimum atomic E-state index is -0.0959. The molecule has 1 N–H and O–H groups in total. The highest BCUT2D eigenvalue weighted by atomic mass is 19.1. The molecule has 1 nitrogen and oxygen atoms in total. The Bertz CT molecular complexity index is 331. The van der Waals surface area contributed by atoms with Gasteiger partial charge in [0.2, 0.25) is 0 Å². The van der Waals surface area contributed by atoms with E-state index in [-0.39, 0.29) is 18.3 Å². The highest BCUT2D eigenvalue weighted by molar-refractivity contribution is 5.32. The van der Waals surface area contributed by atoms with Crippen LogP contribution in [-0.2, 0) is 0 Å². The van der Waals surface area contributed by atoms with Crippen LogP contribution in [0.4, 0.5) is 4.39 Å². The molecule has 1 aromatic carbocycles. The van der Waals surface area contributed by atoms with Gasteiger partial charge in [-0.15, -0.1) is 0 Å². The molecule has 0 aromatic heterocycles. The van der Waals surface area contributed by atoms with Crippen molar-refractivity contribution in [1.82, 2.24) is 0 Å². The van der Waals surface area contributed by atoms with Gasteiger partial charge >= 0.3 is 0 Å². The summed E-state index contributed by atoms with van der Waals surface area (Å²) in [5.41, 5.74) is 1.87. The first-order valence-corrected chi connectivity index (χ1v) is 5.12. The van der Waals surface area contributed by atoms with Gasteiger partial charge in [0, 0.05) is 12.5 Å². The van der Waals surface area contributed by atoms with Gasteiger partial charge in [0.05, 0.1) is 0 Å². The van der Waals surface area contributed by atoms with Gasteiger partial charge in [0.1, 0.15) is 5.82 Å². The Labute approximate surface area is 83.6 Å². The lowest BCUT2D eigenvalue weighted by Crippen LogP contribution is -2.00. The van der Waals surface area contributed by atoms with E-state index in [4.69, 9.17) is 5.11 Å². The van der Waals surface area contributed by atoms with E-state index in [1.165, 1.54) is 6.07 Å². The molecule has 1 fully saturated rings. The number of benzene rings is 1. The van der Waals surface area contributed by atoms with Crippen molar-refractivity contribution in [2.75, 3.05) is 6.61 Å². The highest BCUT2D eigenvalue weighted by Gasteiger charge is 2.26. The summed E-state index contributed by atoms with van der Waals surface area (Å²) >= 11 is 0. The first-order chi connectivity index (χ1) is 6.72. The van der Waals surface area contributed by atoms with Gasteiger partial charge in [-0.2, -0.15) is 0 Å². The summed E-state index contributed by atoms with van der Waals surface area (Å²) in [6.45, 7) is 2.07. The molecular formula is C12H15FO. The summed E-state index contributed by atoms with van der Waals surface area (Å²) in [6.07, 6.45) is 2.21. The number of aliphatic hydroxyl groups excluding tert-OH is 1. The summed E-state index contributed by atoms with van der Waals surface area (Å²) in [7, 11) is 0. The predicted molar refractivity (Wildman–Crippen MR) is 53.9 cm³/mol. The molecule has 1 aliphatic carbocycles. The predicted octanol–water partition coefficient (Wildman–Crippen LogP) is 2.80. The van der Waals surface area contributed by atoms with E-state index in [0.29, 0.717) is 5.92 Å². The fourth-order valence-corrected chi connectivity index (χ4v) is 1.68. The molecule has 0 amide bonds. The van der Waals surface area contributed by atoms with Crippen LogP contribution < -0.4 is 0 Å². The lowest BCUT2D eigenvalue weighted by Gasteiger charge is -2.10. The zero-order chi connectivity index (χ0) is 10.1. The fourth-order valence-electron chi connectivity index (χ4n) is 1.68. The Hall–Kier alpha value is -0.890. The Morgan fingerprint density at radius 1 is 1.50 bits per heavy atom. The molecule has 1 aliphatic rings. The number of hydrogen-bond acceptors (Lipinski definition) is 1. The molecule has 1 atom stereocenters. The zero-order valence-electron chi connectivity index (χ0n) is 8.33. The second-order valence-corrected chi connectivity index (χ2v) is 4.14. The van der Waals surface area contributed by atoms with Gasteiger partial charge in [-0.1, -0.05) is 19.1 Å². The monoisotopic (exact) mass is 194 g/mol. The number of aliphatic hydroxyl groups is 1. The maximum absolute atomic E-state index is 13.4. The molecule has 0 spiro atoms. The van der Waals surface area contributed by atoms with Crippen LogP contribution in [0.2, 0.25) is 0 Å². The van der Waals surface area contributed by atoms with E-state index < -0.39 is 0 Å². The van der Waals surface area contributed by atoms with Crippen LogP contribution in [0.1, 0.15) is 42.7 Å². The SMILES string of the molecule is CC(CO)c1ccc(F)c(C2CC2)c1. The molecule has 14 heavy (non-hydrogen) atoms. The minimum Gasteiger partial charge on any atom is -0.396 e. The first-order valence-electron chi connectivity index (χ1n) is 5.12. The molecule has 1 aromatic rings. The molecule has 0 aliphatic heterocycles. The van der Waals surface area contributed by atoms with E-state index >= 15 is 0 Å². The third-order valence-corrected chi connectivity index (χ3v) is 2.88. The van der Waals surface area contributed by atoms with Gasteiger partial charge in [-0.25, -0.2) is 4.39 Å². The Kier molecular flexibility index (Phi) is 2.55. The van der Waals surface area contributed by atoms with Crippen LogP contribution in [0.15, 0.2) is 18.2 Å². The lowest BCUT2D eigenvalue weighted by molar-refractivity contribution is 0.273. The molecular weight excluding hydrogens is 179 g/mol. The van der Waals surface area contributed by atoms with Crippen molar-refractivity contribution in [3.8, 4) is 0 Å². The van der Waals surface area contributed by atoms with E-state index in [0.717, 1.165) is 24.0 Å². The maximum atomic E-state index is 13.4. The second-order valence-electron chi connectivity index (χ2n) is 4.14. The fraction of sp³-hybridized carbons (Fsp3) is 0.500. The van der Waals surface area contributed by atoms with Crippen molar-refractivity contribution in [1.29, 1.82) is 0 Å². The number of rotatable bonds is 3. The lowest BCUT2D eigenvalue weighted by atomic mass is 9.98. The Morgan fingerprint density at radius 2 is 2.21 bits per heavy atom. The summed E-state index contributed by atoms with van der Waals surface area (Å²) in [6, 6.07) is 5.20. The van der Waals surface area contributed by atoms with Crippen LogP contribution in [-0.4, -0.2) is 11.7 Å². The molecule has 0 saturated heterocycles. The van der Waals surface area contributed by atoms with Crippen LogP contribution in [0, 0.1) is 5.82 Å². The zero-order valence-corrected chi connectivity index (χ0v) is 8.33. The second kappa shape index (κ2) is 3.70. The van der Waals surface area contributed by atoms with Crippen LogP contribution in [0.3, 0.4) is 0 Å². The van der Waals surface area contributed by atoms with Gasteiger partial charge < -0.3 is 5.11 Å². The van der Waals surface area contributed by atoms with Gasteiger partial charge in [0.25, 0.3) is 0 Å². The van der Waals surface area contributed by atoms with Crippen LogP contribution in [0.5, 0.6) is 0 Å². The molecule has 0 radical (unpaired) electrons. The Morgan fingerprint density at radius 3 is 2.79 bits per heavy atom. The van der Waals surface area contributed by atoms with E-state index in [1.54, 1.807) is 6.07 Å². The van der Waals surface area contributed by atoms with Crippen molar-refractivity contribution in [2.24, 2.45) is 0 Å². The van der Waals surface area contributed by atoms with E-state index in [9.17, 15) is 4.39 Å². The third-order valence-electron chi connectivity index (χ3n) is 2.88. The summed E-state index contributed by atoms with van der Waals surface area (Å²) in [5.74, 6) is 0.440. The molecule has 2 rings (SSSR count). The standard InChI is InChI=1S/C12H15FO/c1-8(7-14)10-4-5-12(13)11(6-10)9-2-3-9/h4-6,8-9,14H,2-3,7H2,1H3. The smallest absolute Gasteiger partial charge is 0.126 e. The van der Waals surface area contributed by atoms with E-state index in [2.05, 4.69) is 0 Å². The van der Waals surface area contributed by atoms with Crippen molar-refractivity contribution < 1.29 is 9.50 Å². The quantitative estimate of drug-likeness (QED) is 0.784. The molecule has 76 valence electrons. The molecule has 2 heteroatoms. The van der Waals surface area contributed by atoms with Gasteiger partial charge in [-0.05, 0) is 36.0 Å². The highest BCUT2D eigenvalue weighted by Crippen LogP contribution is 2.41. The largest absolute Gasteiger partial charge is 0.396 e. The molecule has 1 saturated carbocycles. The molecule has 0 heterocycles. The average Bonchev–Trinajstić information content (AvgIpc) is 3.01. The maximum Gasteiger partial charge on any atom is 0.126 e. The first kappa shape index (κ1) is 9.66. The van der Waals surface area contributed by atoms with Crippen molar-refractivity contribution >= 4 is 0 Å². The van der Waals surface area contributed by atoms with Crippen LogP contribution >= 0.6 is 0 Å². The van der Waals surface area contributed by atoms with Crippen molar-refractivity contribution in [3.63, 3.8) is 0 Å². The van der Waals surface area contributed by atoms with Crippen molar-refractivity contribution in [2.45, 2.75) is 31.6 Å². The van der Waals surface area contributed by atoms with Crippen molar-refractivity contribution in [3.05, 3.63) is 35.1 Å². The summed E-state index contributed by atoms with van der Waals surface area (Å²) < 4.78 is 13.4. The number of halogens is 1. The van der Waals surface area contributed by atoms with E-state index in [1.807, 2.05) is 13.0 Å². The third kappa shape index (κ3) is 1.80. The summed E-state index contributed by atoms with van der Waals surface area (Å²) in [4.78, 5) is 0.